The number of hydrogen-bond acceptors (Lipinski definition) is 3. The first-order valence-corrected chi connectivity index (χ1v) is 9.65. The first kappa shape index (κ1) is 19.9. The minimum atomic E-state index is -0.483. The van der Waals surface area contributed by atoms with E-state index in [1.54, 1.807) is 0 Å². The highest BCUT2D eigenvalue weighted by Crippen LogP contribution is 2.27. The van der Waals surface area contributed by atoms with Gasteiger partial charge in [-0.3, -0.25) is 4.79 Å². The maximum absolute atomic E-state index is 12.6. The SMILES string of the molecule is Cc1ccc(NC(=O)Nc2cccc3c2CCN(C(=O)[C@@H](N)C(C)C)C3)cc1. The number of rotatable bonds is 4. The Kier molecular flexibility index (Phi) is 5.99. The van der Waals surface area contributed by atoms with Crippen LogP contribution in [-0.2, 0) is 17.8 Å². The zero-order chi connectivity index (χ0) is 20.3. The number of benzene rings is 2. The number of hydrogen-bond donors (Lipinski definition) is 3. The lowest BCUT2D eigenvalue weighted by Crippen LogP contribution is -2.48. The Morgan fingerprint density at radius 1 is 1.07 bits per heavy atom. The third-order valence-electron chi connectivity index (χ3n) is 5.14. The molecule has 0 saturated carbocycles. The molecule has 4 N–H and O–H groups in total. The molecule has 1 aliphatic heterocycles. The van der Waals surface area contributed by atoms with Crippen LogP contribution >= 0.6 is 0 Å². The predicted octanol–water partition coefficient (Wildman–Crippen LogP) is 3.51. The molecule has 1 heterocycles. The van der Waals surface area contributed by atoms with Crippen LogP contribution in [0.5, 0.6) is 0 Å². The minimum absolute atomic E-state index is 0.0175. The third-order valence-corrected chi connectivity index (χ3v) is 5.14. The van der Waals surface area contributed by atoms with Crippen molar-refractivity contribution in [3.05, 3.63) is 59.2 Å². The first-order valence-electron chi connectivity index (χ1n) is 9.65. The van der Waals surface area contributed by atoms with Gasteiger partial charge in [-0.1, -0.05) is 43.7 Å². The van der Waals surface area contributed by atoms with Crippen molar-refractivity contribution in [2.24, 2.45) is 11.7 Å². The molecule has 0 unspecified atom stereocenters. The molecule has 6 heteroatoms. The molecule has 2 aromatic carbocycles. The second-order valence-corrected chi connectivity index (χ2v) is 7.67. The Labute approximate surface area is 166 Å². The second-order valence-electron chi connectivity index (χ2n) is 7.67. The Morgan fingerprint density at radius 3 is 2.46 bits per heavy atom. The summed E-state index contributed by atoms with van der Waals surface area (Å²) >= 11 is 0. The number of carbonyl (C=O) groups is 2. The van der Waals surface area contributed by atoms with Gasteiger partial charge in [-0.25, -0.2) is 4.79 Å². The Bertz CT molecular complexity index is 861. The molecule has 2 aromatic rings. The van der Waals surface area contributed by atoms with Crippen molar-refractivity contribution in [2.75, 3.05) is 17.2 Å². The topological polar surface area (TPSA) is 87.5 Å². The van der Waals surface area contributed by atoms with Gasteiger partial charge in [0.15, 0.2) is 0 Å². The Balaban J connectivity index is 1.69. The van der Waals surface area contributed by atoms with Crippen LogP contribution in [0.2, 0.25) is 0 Å². The number of nitrogens with one attached hydrogen (secondary N) is 2. The van der Waals surface area contributed by atoms with Gasteiger partial charge in [0.2, 0.25) is 5.91 Å². The summed E-state index contributed by atoms with van der Waals surface area (Å²) in [5, 5.41) is 5.79. The average molecular weight is 380 g/mol. The number of nitrogens with zero attached hydrogens (tertiary/aromatic N) is 1. The van der Waals surface area contributed by atoms with Crippen molar-refractivity contribution < 1.29 is 9.59 Å². The van der Waals surface area contributed by atoms with Gasteiger partial charge in [0.05, 0.1) is 6.04 Å². The normalized spacial score (nSPS) is 14.4. The van der Waals surface area contributed by atoms with Crippen LogP contribution in [0.1, 0.15) is 30.5 Å². The van der Waals surface area contributed by atoms with E-state index in [1.165, 1.54) is 0 Å². The summed E-state index contributed by atoms with van der Waals surface area (Å²) in [6.07, 6.45) is 0.687. The summed E-state index contributed by atoms with van der Waals surface area (Å²) in [6, 6.07) is 12.7. The van der Waals surface area contributed by atoms with E-state index < -0.39 is 6.04 Å². The third kappa shape index (κ3) is 4.51. The quantitative estimate of drug-likeness (QED) is 0.758. The summed E-state index contributed by atoms with van der Waals surface area (Å²) in [6.45, 7) is 7.03. The molecule has 1 atom stereocenters. The maximum atomic E-state index is 12.6. The van der Waals surface area contributed by atoms with Crippen molar-refractivity contribution in [3.63, 3.8) is 0 Å². The van der Waals surface area contributed by atoms with Gasteiger partial charge >= 0.3 is 6.03 Å². The van der Waals surface area contributed by atoms with Crippen LogP contribution in [0.4, 0.5) is 16.2 Å². The van der Waals surface area contributed by atoms with Gasteiger partial charge in [-0.15, -0.1) is 0 Å². The van der Waals surface area contributed by atoms with E-state index in [0.29, 0.717) is 19.5 Å². The molecule has 0 radical (unpaired) electrons. The Morgan fingerprint density at radius 2 is 1.79 bits per heavy atom. The number of amides is 3. The van der Waals surface area contributed by atoms with Crippen LogP contribution in [0, 0.1) is 12.8 Å². The van der Waals surface area contributed by atoms with E-state index in [4.69, 9.17) is 5.73 Å². The van der Waals surface area contributed by atoms with Gasteiger partial charge in [-0.05, 0) is 48.6 Å². The van der Waals surface area contributed by atoms with Crippen molar-refractivity contribution in [1.29, 1.82) is 0 Å². The molecule has 0 aromatic heterocycles. The first-order chi connectivity index (χ1) is 13.3. The van der Waals surface area contributed by atoms with Crippen LogP contribution in [-0.4, -0.2) is 29.4 Å². The van der Waals surface area contributed by atoms with E-state index in [9.17, 15) is 9.59 Å². The number of fused-ring (bicyclic) bond motifs is 1. The van der Waals surface area contributed by atoms with E-state index in [-0.39, 0.29) is 17.9 Å². The fraction of sp³-hybridized carbons (Fsp3) is 0.364. The number of aryl methyl sites for hydroxylation is 1. The number of urea groups is 1. The lowest BCUT2D eigenvalue weighted by molar-refractivity contribution is -0.134. The highest BCUT2D eigenvalue weighted by molar-refractivity contribution is 6.00. The van der Waals surface area contributed by atoms with E-state index >= 15 is 0 Å². The fourth-order valence-electron chi connectivity index (χ4n) is 3.33. The summed E-state index contributed by atoms with van der Waals surface area (Å²) < 4.78 is 0. The van der Waals surface area contributed by atoms with E-state index in [0.717, 1.165) is 28.1 Å². The number of carbonyl (C=O) groups excluding carboxylic acids is 2. The zero-order valence-corrected chi connectivity index (χ0v) is 16.7. The van der Waals surface area contributed by atoms with Crippen molar-refractivity contribution >= 4 is 23.3 Å². The molecular weight excluding hydrogens is 352 g/mol. The molecule has 1 aliphatic rings. The fourth-order valence-corrected chi connectivity index (χ4v) is 3.33. The van der Waals surface area contributed by atoms with Crippen LogP contribution < -0.4 is 16.4 Å². The zero-order valence-electron chi connectivity index (χ0n) is 16.7. The van der Waals surface area contributed by atoms with Gasteiger partial charge in [0, 0.05) is 24.5 Å². The summed E-state index contributed by atoms with van der Waals surface area (Å²) in [5.74, 6) is 0.0866. The molecule has 0 fully saturated rings. The molecule has 6 nitrogen and oxygen atoms in total. The molecular formula is C22H28N4O2. The molecule has 0 bridgehead atoms. The standard InChI is InChI=1S/C22H28N4O2/c1-14(2)20(23)21(27)26-12-11-18-16(13-26)5-4-6-19(18)25-22(28)24-17-9-7-15(3)8-10-17/h4-10,14,20H,11-13,23H2,1-3H3,(H2,24,25,28)/t20-/m0/s1. The summed E-state index contributed by atoms with van der Waals surface area (Å²) in [7, 11) is 0. The van der Waals surface area contributed by atoms with Crippen LogP contribution in [0.15, 0.2) is 42.5 Å². The molecule has 3 rings (SSSR count). The predicted molar refractivity (Wildman–Crippen MR) is 112 cm³/mol. The lowest BCUT2D eigenvalue weighted by Gasteiger charge is -2.32. The van der Waals surface area contributed by atoms with Gasteiger partial charge < -0.3 is 21.3 Å². The van der Waals surface area contributed by atoms with Crippen LogP contribution in [0.25, 0.3) is 0 Å². The monoisotopic (exact) mass is 380 g/mol. The molecule has 28 heavy (non-hydrogen) atoms. The molecule has 148 valence electrons. The van der Waals surface area contributed by atoms with Gasteiger partial charge in [-0.2, -0.15) is 0 Å². The second kappa shape index (κ2) is 8.44. The summed E-state index contributed by atoms with van der Waals surface area (Å²) in [5.41, 5.74) is 10.8. The number of nitrogens with two attached hydrogens (primary N) is 1. The largest absolute Gasteiger partial charge is 0.337 e. The highest BCUT2D eigenvalue weighted by atomic mass is 16.2. The minimum Gasteiger partial charge on any atom is -0.337 e. The lowest BCUT2D eigenvalue weighted by atomic mass is 9.96. The van der Waals surface area contributed by atoms with Crippen molar-refractivity contribution in [2.45, 2.75) is 39.8 Å². The Hall–Kier alpha value is -2.86. The maximum Gasteiger partial charge on any atom is 0.323 e. The number of anilines is 2. The van der Waals surface area contributed by atoms with Crippen molar-refractivity contribution in [1.82, 2.24) is 4.90 Å². The van der Waals surface area contributed by atoms with E-state index in [1.807, 2.05) is 68.1 Å². The average Bonchev–Trinajstić information content (AvgIpc) is 2.68. The van der Waals surface area contributed by atoms with Crippen LogP contribution in [0.3, 0.4) is 0 Å². The molecule has 0 saturated heterocycles. The summed E-state index contributed by atoms with van der Waals surface area (Å²) in [4.78, 5) is 26.8. The van der Waals surface area contributed by atoms with Gasteiger partial charge in [0.1, 0.15) is 0 Å². The molecule has 0 spiro atoms. The smallest absolute Gasteiger partial charge is 0.323 e. The van der Waals surface area contributed by atoms with Crippen molar-refractivity contribution in [3.8, 4) is 0 Å². The molecule has 3 amide bonds. The molecule has 0 aliphatic carbocycles. The van der Waals surface area contributed by atoms with E-state index in [2.05, 4.69) is 10.6 Å². The highest BCUT2D eigenvalue weighted by Gasteiger charge is 2.27. The van der Waals surface area contributed by atoms with Gasteiger partial charge in [0.25, 0.3) is 0 Å².